The molecule has 19 heavy (non-hydrogen) atoms. The lowest BCUT2D eigenvalue weighted by atomic mass is 10.2. The highest BCUT2D eigenvalue weighted by atomic mass is 16.5. The first-order valence-corrected chi connectivity index (χ1v) is 6.12. The summed E-state index contributed by atoms with van der Waals surface area (Å²) < 4.78 is 5.77. The highest BCUT2D eigenvalue weighted by Gasteiger charge is 2.14. The van der Waals surface area contributed by atoms with E-state index in [1.807, 2.05) is 45.0 Å². The van der Waals surface area contributed by atoms with Crippen LogP contribution >= 0.6 is 0 Å². The monoisotopic (exact) mass is 262 g/mol. The van der Waals surface area contributed by atoms with E-state index in [1.165, 1.54) is 0 Å². The van der Waals surface area contributed by atoms with Gasteiger partial charge in [-0.1, -0.05) is 0 Å². The third-order valence-corrected chi connectivity index (χ3v) is 2.79. The number of ether oxygens (including phenoxy) is 1. The molecule has 0 spiro atoms. The molecule has 0 atom stereocenters. The van der Waals surface area contributed by atoms with Crippen molar-refractivity contribution in [2.24, 2.45) is 0 Å². The van der Waals surface area contributed by atoms with Crippen LogP contribution in [-0.2, 0) is 0 Å². The largest absolute Gasteiger partial charge is 0.490 e. The van der Waals surface area contributed by atoms with Crippen LogP contribution in [0, 0.1) is 0 Å². The second kappa shape index (κ2) is 4.84. The third kappa shape index (κ3) is 2.65. The van der Waals surface area contributed by atoms with Crippen LogP contribution in [0.3, 0.4) is 0 Å². The van der Waals surface area contributed by atoms with E-state index in [9.17, 15) is 4.79 Å². The number of hydrogen-bond donors (Lipinski definition) is 2. The van der Waals surface area contributed by atoms with Crippen molar-refractivity contribution in [3.8, 4) is 5.75 Å². The van der Waals surface area contributed by atoms with Gasteiger partial charge < -0.3 is 19.7 Å². The maximum Gasteiger partial charge on any atom is 0.352 e. The number of aromatic carboxylic acids is 1. The predicted molar refractivity (Wildman–Crippen MR) is 75.3 cm³/mol. The summed E-state index contributed by atoms with van der Waals surface area (Å²) in [4.78, 5) is 15.9. The molecule has 102 valence electrons. The van der Waals surface area contributed by atoms with Crippen LogP contribution in [0.15, 0.2) is 18.2 Å². The molecule has 1 aromatic carbocycles. The van der Waals surface area contributed by atoms with Gasteiger partial charge in [-0.25, -0.2) is 4.79 Å². The smallest absolute Gasteiger partial charge is 0.352 e. The van der Waals surface area contributed by atoms with E-state index in [0.717, 1.165) is 16.6 Å². The van der Waals surface area contributed by atoms with Gasteiger partial charge in [0.15, 0.2) is 0 Å². The Morgan fingerprint density at radius 2 is 2.00 bits per heavy atom. The molecule has 0 amide bonds. The van der Waals surface area contributed by atoms with E-state index < -0.39 is 5.97 Å². The van der Waals surface area contributed by atoms with Crippen molar-refractivity contribution >= 4 is 22.6 Å². The highest BCUT2D eigenvalue weighted by Crippen LogP contribution is 2.32. The number of hydrogen-bond acceptors (Lipinski definition) is 3. The fourth-order valence-electron chi connectivity index (χ4n) is 1.91. The predicted octanol–water partition coefficient (Wildman–Crippen LogP) is 2.72. The van der Waals surface area contributed by atoms with Crippen molar-refractivity contribution in [1.29, 1.82) is 0 Å². The Morgan fingerprint density at radius 1 is 1.32 bits per heavy atom. The summed E-state index contributed by atoms with van der Waals surface area (Å²) in [6.45, 7) is 3.89. The second-order valence-corrected chi connectivity index (χ2v) is 4.95. The van der Waals surface area contributed by atoms with Crippen molar-refractivity contribution in [2.45, 2.75) is 20.0 Å². The lowest BCUT2D eigenvalue weighted by Crippen LogP contribution is -2.10. The summed E-state index contributed by atoms with van der Waals surface area (Å²) in [5.41, 5.74) is 1.89. The van der Waals surface area contributed by atoms with Crippen LogP contribution in [0.1, 0.15) is 24.3 Å². The van der Waals surface area contributed by atoms with Crippen LogP contribution in [0.2, 0.25) is 0 Å². The first-order chi connectivity index (χ1) is 8.88. The van der Waals surface area contributed by atoms with Crippen molar-refractivity contribution < 1.29 is 14.6 Å². The Labute approximate surface area is 111 Å². The van der Waals surface area contributed by atoms with E-state index in [-0.39, 0.29) is 11.8 Å². The summed E-state index contributed by atoms with van der Waals surface area (Å²) in [5.74, 6) is -0.280. The normalized spacial score (nSPS) is 11.0. The number of rotatable bonds is 4. The van der Waals surface area contributed by atoms with Gasteiger partial charge >= 0.3 is 5.97 Å². The molecule has 0 aliphatic carbocycles. The molecule has 2 aromatic rings. The van der Waals surface area contributed by atoms with Crippen LogP contribution in [-0.4, -0.2) is 36.3 Å². The molecule has 0 saturated carbocycles. The number of nitrogens with zero attached hydrogens (tertiary/aromatic N) is 1. The maximum atomic E-state index is 11.0. The molecule has 0 aliphatic heterocycles. The van der Waals surface area contributed by atoms with Gasteiger partial charge in [0.25, 0.3) is 0 Å². The van der Waals surface area contributed by atoms with Gasteiger partial charge in [-0.3, -0.25) is 0 Å². The lowest BCUT2D eigenvalue weighted by Gasteiger charge is -2.16. The summed E-state index contributed by atoms with van der Waals surface area (Å²) in [6.07, 6.45) is 0.0313. The zero-order chi connectivity index (χ0) is 14.2. The minimum atomic E-state index is -0.974. The van der Waals surface area contributed by atoms with Crippen molar-refractivity contribution in [1.82, 2.24) is 4.98 Å². The molecule has 2 rings (SSSR count). The Hall–Kier alpha value is -2.17. The van der Waals surface area contributed by atoms with E-state index in [0.29, 0.717) is 5.75 Å². The number of benzene rings is 1. The number of H-pyrrole nitrogens is 1. The van der Waals surface area contributed by atoms with Crippen molar-refractivity contribution in [2.75, 3.05) is 19.0 Å². The Balaban J connectivity index is 2.63. The fourth-order valence-corrected chi connectivity index (χ4v) is 1.91. The first-order valence-electron chi connectivity index (χ1n) is 6.12. The number of carboxylic acids is 1. The fraction of sp³-hybridized carbons (Fsp3) is 0.357. The molecular formula is C14H18N2O3. The molecule has 0 radical (unpaired) electrons. The molecule has 2 N–H and O–H groups in total. The van der Waals surface area contributed by atoms with Gasteiger partial charge in [0.1, 0.15) is 11.4 Å². The van der Waals surface area contributed by atoms with Crippen LogP contribution in [0.4, 0.5) is 5.69 Å². The molecule has 1 aromatic heterocycles. The second-order valence-electron chi connectivity index (χ2n) is 4.95. The summed E-state index contributed by atoms with van der Waals surface area (Å²) >= 11 is 0. The number of fused-ring (bicyclic) bond motifs is 1. The molecule has 0 bridgehead atoms. The maximum absolute atomic E-state index is 11.0. The molecular weight excluding hydrogens is 244 g/mol. The molecule has 5 heteroatoms. The lowest BCUT2D eigenvalue weighted by molar-refractivity contribution is 0.0691. The molecule has 0 fully saturated rings. The van der Waals surface area contributed by atoms with Gasteiger partial charge in [-0.15, -0.1) is 0 Å². The highest BCUT2D eigenvalue weighted by molar-refractivity contribution is 5.97. The minimum Gasteiger partial charge on any atom is -0.490 e. The van der Waals surface area contributed by atoms with E-state index >= 15 is 0 Å². The number of carbonyl (C=O) groups is 1. The van der Waals surface area contributed by atoms with Gasteiger partial charge in [-0.05, 0) is 26.0 Å². The average Bonchev–Trinajstić information content (AvgIpc) is 2.72. The molecule has 0 unspecified atom stereocenters. The zero-order valence-electron chi connectivity index (χ0n) is 11.5. The summed E-state index contributed by atoms with van der Waals surface area (Å²) in [5, 5.41) is 9.84. The topological polar surface area (TPSA) is 65.6 Å². The average molecular weight is 262 g/mol. The van der Waals surface area contributed by atoms with E-state index in [2.05, 4.69) is 4.98 Å². The van der Waals surface area contributed by atoms with Crippen molar-refractivity contribution in [3.05, 3.63) is 23.9 Å². The Bertz CT molecular complexity index is 614. The quantitative estimate of drug-likeness (QED) is 0.889. The molecule has 0 saturated heterocycles. The Kier molecular flexibility index (Phi) is 3.38. The number of anilines is 1. The van der Waals surface area contributed by atoms with Crippen LogP contribution in [0.25, 0.3) is 10.9 Å². The zero-order valence-corrected chi connectivity index (χ0v) is 11.5. The van der Waals surface area contributed by atoms with Gasteiger partial charge in [0, 0.05) is 31.2 Å². The molecule has 0 aliphatic rings. The van der Waals surface area contributed by atoms with Crippen LogP contribution in [0.5, 0.6) is 5.75 Å². The van der Waals surface area contributed by atoms with Crippen molar-refractivity contribution in [3.63, 3.8) is 0 Å². The minimum absolute atomic E-state index is 0.0313. The number of nitrogens with one attached hydrogen (secondary N) is 1. The van der Waals surface area contributed by atoms with Crippen LogP contribution < -0.4 is 9.64 Å². The molecule has 1 heterocycles. The summed E-state index contributed by atoms with van der Waals surface area (Å²) in [6, 6.07) is 5.44. The third-order valence-electron chi connectivity index (χ3n) is 2.79. The Morgan fingerprint density at radius 3 is 2.53 bits per heavy atom. The van der Waals surface area contributed by atoms with Gasteiger partial charge in [0.2, 0.25) is 0 Å². The van der Waals surface area contributed by atoms with Gasteiger partial charge in [-0.2, -0.15) is 0 Å². The SMILES string of the molecule is CC(C)Oc1cc(N(C)C)cc2[nH]c(C(=O)O)cc12. The van der Waals surface area contributed by atoms with E-state index in [4.69, 9.17) is 9.84 Å². The molecule has 5 nitrogen and oxygen atoms in total. The van der Waals surface area contributed by atoms with Gasteiger partial charge in [0.05, 0.1) is 11.6 Å². The van der Waals surface area contributed by atoms with E-state index in [1.54, 1.807) is 6.07 Å². The standard InChI is InChI=1S/C14H18N2O3/c1-8(2)19-13-6-9(16(3)4)5-11-10(13)7-12(15-11)14(17)18/h5-8,15H,1-4H3,(H,17,18). The number of carboxylic acid groups (broad SMARTS) is 1. The number of aromatic nitrogens is 1. The summed E-state index contributed by atoms with van der Waals surface area (Å²) in [7, 11) is 3.86. The first kappa shape index (κ1) is 13.3. The number of aromatic amines is 1.